The Labute approximate surface area is 98.8 Å². The molecule has 2 aliphatic heterocycles. The van der Waals surface area contributed by atoms with Gasteiger partial charge in [0.15, 0.2) is 0 Å². The zero-order valence-electron chi connectivity index (χ0n) is 10.4. The Morgan fingerprint density at radius 2 is 2.00 bits per heavy atom. The number of aliphatic hydroxyl groups excluding tert-OH is 1. The molecule has 1 N–H and O–H groups in total. The average molecular weight is 227 g/mol. The van der Waals surface area contributed by atoms with E-state index >= 15 is 0 Å². The van der Waals surface area contributed by atoms with E-state index in [9.17, 15) is 5.11 Å². The van der Waals surface area contributed by atoms with Crippen LogP contribution < -0.4 is 0 Å². The summed E-state index contributed by atoms with van der Waals surface area (Å²) < 4.78 is 5.43. The van der Waals surface area contributed by atoms with Crippen molar-refractivity contribution in [2.45, 2.75) is 63.6 Å². The van der Waals surface area contributed by atoms with E-state index in [1.165, 1.54) is 38.6 Å². The molecule has 0 bridgehead atoms. The van der Waals surface area contributed by atoms with Crippen LogP contribution in [0.25, 0.3) is 0 Å². The van der Waals surface area contributed by atoms with Crippen LogP contribution in [0.1, 0.15) is 45.4 Å². The molecule has 2 aliphatic rings. The molecule has 0 aromatic heterocycles. The predicted octanol–water partition coefficient (Wildman–Crippen LogP) is 1.79. The Kier molecular flexibility index (Phi) is 4.62. The average Bonchev–Trinajstić information content (AvgIpc) is 2.30. The Morgan fingerprint density at radius 1 is 1.25 bits per heavy atom. The summed E-state index contributed by atoms with van der Waals surface area (Å²) in [5, 5.41) is 9.57. The first kappa shape index (κ1) is 12.3. The molecule has 0 aliphatic carbocycles. The zero-order valence-corrected chi connectivity index (χ0v) is 10.4. The first-order valence-electron chi connectivity index (χ1n) is 6.79. The van der Waals surface area contributed by atoms with Crippen LogP contribution in [0.3, 0.4) is 0 Å². The zero-order chi connectivity index (χ0) is 11.4. The maximum absolute atomic E-state index is 9.57. The van der Waals surface area contributed by atoms with Gasteiger partial charge in [-0.1, -0.05) is 6.42 Å². The monoisotopic (exact) mass is 227 g/mol. The molecule has 2 unspecified atom stereocenters. The third-order valence-electron chi connectivity index (χ3n) is 3.95. The van der Waals surface area contributed by atoms with Crippen molar-refractivity contribution in [2.24, 2.45) is 0 Å². The van der Waals surface area contributed by atoms with Gasteiger partial charge in [-0.05, 0) is 45.6 Å². The number of likely N-dealkylation sites (tertiary alicyclic amines) is 1. The molecule has 94 valence electrons. The highest BCUT2D eigenvalue weighted by Gasteiger charge is 2.30. The fourth-order valence-electron chi connectivity index (χ4n) is 3.17. The van der Waals surface area contributed by atoms with Gasteiger partial charge in [0, 0.05) is 25.3 Å². The molecule has 3 nitrogen and oxygen atoms in total. The Balaban J connectivity index is 1.92. The van der Waals surface area contributed by atoms with Gasteiger partial charge < -0.3 is 9.84 Å². The smallest absolute Gasteiger partial charge is 0.0527 e. The normalized spacial score (nSPS) is 31.5. The minimum atomic E-state index is -0.162. The predicted molar refractivity (Wildman–Crippen MR) is 64.5 cm³/mol. The summed E-state index contributed by atoms with van der Waals surface area (Å²) in [5.41, 5.74) is 0. The molecule has 3 heteroatoms. The van der Waals surface area contributed by atoms with Crippen molar-refractivity contribution >= 4 is 0 Å². The summed E-state index contributed by atoms with van der Waals surface area (Å²) >= 11 is 0. The van der Waals surface area contributed by atoms with Gasteiger partial charge in [0.05, 0.1) is 6.10 Å². The van der Waals surface area contributed by atoms with Crippen LogP contribution in [0.2, 0.25) is 0 Å². The van der Waals surface area contributed by atoms with Crippen LogP contribution in [0, 0.1) is 0 Å². The molecule has 2 saturated heterocycles. The number of piperidine rings is 1. The van der Waals surface area contributed by atoms with Crippen LogP contribution in [-0.4, -0.2) is 48.0 Å². The van der Waals surface area contributed by atoms with Crippen LogP contribution in [-0.2, 0) is 4.74 Å². The van der Waals surface area contributed by atoms with Crippen LogP contribution in [0.4, 0.5) is 0 Å². The highest BCUT2D eigenvalue weighted by molar-refractivity contribution is 4.85. The molecule has 16 heavy (non-hydrogen) atoms. The van der Waals surface area contributed by atoms with E-state index in [2.05, 4.69) is 4.90 Å². The number of aliphatic hydroxyl groups is 1. The molecule has 0 spiro atoms. The van der Waals surface area contributed by atoms with Gasteiger partial charge in [-0.2, -0.15) is 0 Å². The molecule has 2 rings (SSSR count). The van der Waals surface area contributed by atoms with Crippen molar-refractivity contribution in [2.75, 3.05) is 19.8 Å². The molecule has 0 saturated carbocycles. The van der Waals surface area contributed by atoms with E-state index in [0.717, 1.165) is 19.6 Å². The van der Waals surface area contributed by atoms with E-state index in [1.807, 2.05) is 6.92 Å². The summed E-state index contributed by atoms with van der Waals surface area (Å²) in [4.78, 5) is 2.65. The third-order valence-corrected chi connectivity index (χ3v) is 3.95. The van der Waals surface area contributed by atoms with Gasteiger partial charge in [-0.25, -0.2) is 0 Å². The standard InChI is InChI=1S/C13H25NO2/c1-11(15)10-13-4-2-3-7-14(13)12-5-8-16-9-6-12/h11-13,15H,2-10H2,1H3. The fraction of sp³-hybridized carbons (Fsp3) is 1.00. The van der Waals surface area contributed by atoms with E-state index < -0.39 is 0 Å². The maximum Gasteiger partial charge on any atom is 0.0527 e. The topological polar surface area (TPSA) is 32.7 Å². The highest BCUT2D eigenvalue weighted by atomic mass is 16.5. The number of hydrogen-bond acceptors (Lipinski definition) is 3. The SMILES string of the molecule is CC(O)CC1CCCCN1C1CCOCC1. The first-order chi connectivity index (χ1) is 7.77. The second kappa shape index (κ2) is 5.99. The third kappa shape index (κ3) is 3.19. The second-order valence-electron chi connectivity index (χ2n) is 5.32. The molecule has 2 heterocycles. The van der Waals surface area contributed by atoms with E-state index in [4.69, 9.17) is 4.74 Å². The number of nitrogens with zero attached hydrogens (tertiary/aromatic N) is 1. The first-order valence-corrected chi connectivity index (χ1v) is 6.79. The van der Waals surface area contributed by atoms with Crippen LogP contribution in [0.5, 0.6) is 0 Å². The van der Waals surface area contributed by atoms with Gasteiger partial charge in [0.25, 0.3) is 0 Å². The summed E-state index contributed by atoms with van der Waals surface area (Å²) in [6.45, 7) is 4.98. The number of rotatable bonds is 3. The highest BCUT2D eigenvalue weighted by Crippen LogP contribution is 2.27. The summed E-state index contributed by atoms with van der Waals surface area (Å²) in [7, 11) is 0. The van der Waals surface area contributed by atoms with Crippen molar-refractivity contribution in [3.05, 3.63) is 0 Å². The van der Waals surface area contributed by atoms with Crippen molar-refractivity contribution in [3.8, 4) is 0 Å². The quantitative estimate of drug-likeness (QED) is 0.798. The van der Waals surface area contributed by atoms with Crippen molar-refractivity contribution < 1.29 is 9.84 Å². The van der Waals surface area contributed by atoms with Gasteiger partial charge in [0.2, 0.25) is 0 Å². The molecular formula is C13H25NO2. The maximum atomic E-state index is 9.57. The van der Waals surface area contributed by atoms with E-state index in [1.54, 1.807) is 0 Å². The van der Waals surface area contributed by atoms with Gasteiger partial charge in [-0.3, -0.25) is 4.90 Å². The lowest BCUT2D eigenvalue weighted by molar-refractivity contribution is -0.00653. The molecule has 0 aromatic carbocycles. The lowest BCUT2D eigenvalue weighted by Gasteiger charge is -2.43. The molecule has 0 aromatic rings. The fourth-order valence-corrected chi connectivity index (χ4v) is 3.17. The van der Waals surface area contributed by atoms with E-state index in [-0.39, 0.29) is 6.10 Å². The summed E-state index contributed by atoms with van der Waals surface area (Å²) in [6.07, 6.45) is 7.06. The largest absolute Gasteiger partial charge is 0.393 e. The molecule has 0 radical (unpaired) electrons. The molecular weight excluding hydrogens is 202 g/mol. The van der Waals surface area contributed by atoms with Crippen LogP contribution in [0.15, 0.2) is 0 Å². The van der Waals surface area contributed by atoms with Gasteiger partial charge in [0.1, 0.15) is 0 Å². The lowest BCUT2D eigenvalue weighted by atomic mass is 9.93. The van der Waals surface area contributed by atoms with Crippen molar-refractivity contribution in [1.29, 1.82) is 0 Å². The van der Waals surface area contributed by atoms with Crippen LogP contribution >= 0.6 is 0 Å². The summed E-state index contributed by atoms with van der Waals surface area (Å²) in [5.74, 6) is 0. The Bertz CT molecular complexity index is 202. The second-order valence-corrected chi connectivity index (χ2v) is 5.32. The Morgan fingerprint density at radius 3 is 2.69 bits per heavy atom. The Hall–Kier alpha value is -0.120. The minimum absolute atomic E-state index is 0.162. The molecule has 2 fully saturated rings. The molecule has 2 atom stereocenters. The van der Waals surface area contributed by atoms with Gasteiger partial charge >= 0.3 is 0 Å². The van der Waals surface area contributed by atoms with E-state index in [0.29, 0.717) is 12.1 Å². The van der Waals surface area contributed by atoms with Crippen molar-refractivity contribution in [3.63, 3.8) is 0 Å². The van der Waals surface area contributed by atoms with Crippen molar-refractivity contribution in [1.82, 2.24) is 4.90 Å². The lowest BCUT2D eigenvalue weighted by Crippen LogP contribution is -2.49. The van der Waals surface area contributed by atoms with Gasteiger partial charge in [-0.15, -0.1) is 0 Å². The number of ether oxygens (including phenoxy) is 1. The molecule has 0 amide bonds. The minimum Gasteiger partial charge on any atom is -0.393 e. The summed E-state index contributed by atoms with van der Waals surface area (Å²) in [6, 6.07) is 1.31. The number of hydrogen-bond donors (Lipinski definition) is 1.